The van der Waals surface area contributed by atoms with E-state index in [0.29, 0.717) is 35.5 Å². The number of aryl methyl sites for hydroxylation is 1. The molecule has 0 aliphatic carbocycles. The summed E-state index contributed by atoms with van der Waals surface area (Å²) in [6, 6.07) is 7.22. The third kappa shape index (κ3) is 3.36. The van der Waals surface area contributed by atoms with Crippen LogP contribution in [-0.2, 0) is 9.47 Å². The quantitative estimate of drug-likeness (QED) is 0.780. The molecule has 2 rings (SSSR count). The van der Waals surface area contributed by atoms with E-state index < -0.39 is 0 Å². The highest BCUT2D eigenvalue weighted by molar-refractivity contribution is 7.13. The number of hydrogen-bond donors (Lipinski definition) is 0. The summed E-state index contributed by atoms with van der Waals surface area (Å²) in [4.78, 5) is 25.2. The smallest absolute Gasteiger partial charge is 0.338 e. The molecule has 0 saturated carbocycles. The molecule has 0 aliphatic heterocycles. The van der Waals surface area contributed by atoms with E-state index in [1.807, 2.05) is 17.5 Å². The van der Waals surface area contributed by atoms with Crippen molar-refractivity contribution < 1.29 is 19.1 Å². The van der Waals surface area contributed by atoms with Crippen LogP contribution in [0.3, 0.4) is 0 Å². The van der Waals surface area contributed by atoms with Crippen LogP contribution in [0.15, 0.2) is 29.6 Å². The molecule has 0 saturated heterocycles. The Hall–Kier alpha value is -2.14. The highest BCUT2D eigenvalue weighted by Crippen LogP contribution is 2.31. The van der Waals surface area contributed by atoms with E-state index in [0.717, 1.165) is 4.88 Å². The van der Waals surface area contributed by atoms with Gasteiger partial charge in [-0.2, -0.15) is 0 Å². The van der Waals surface area contributed by atoms with Crippen molar-refractivity contribution in [3.05, 3.63) is 46.3 Å². The first-order valence-corrected chi connectivity index (χ1v) is 7.99. The van der Waals surface area contributed by atoms with Crippen molar-refractivity contribution in [2.24, 2.45) is 0 Å². The minimum absolute atomic E-state index is 0.307. The highest BCUT2D eigenvalue weighted by atomic mass is 32.1. The molecule has 0 radical (unpaired) electrons. The zero-order valence-electron chi connectivity index (χ0n) is 12.8. The second kappa shape index (κ2) is 7.22. The summed E-state index contributed by atoms with van der Waals surface area (Å²) in [6.07, 6.45) is 0. The third-order valence-electron chi connectivity index (χ3n) is 3.14. The zero-order valence-corrected chi connectivity index (χ0v) is 13.7. The van der Waals surface area contributed by atoms with Crippen molar-refractivity contribution in [3.63, 3.8) is 0 Å². The zero-order chi connectivity index (χ0) is 16.1. The van der Waals surface area contributed by atoms with Gasteiger partial charge in [0.2, 0.25) is 0 Å². The lowest BCUT2D eigenvalue weighted by Crippen LogP contribution is -2.11. The first kappa shape index (κ1) is 16.2. The molecule has 116 valence electrons. The molecule has 0 amide bonds. The van der Waals surface area contributed by atoms with E-state index in [4.69, 9.17) is 9.47 Å². The Labute approximate surface area is 133 Å². The molecule has 0 N–H and O–H groups in total. The lowest BCUT2D eigenvalue weighted by molar-refractivity contribution is 0.0511. The van der Waals surface area contributed by atoms with E-state index in [2.05, 4.69) is 0 Å². The molecule has 1 heterocycles. The van der Waals surface area contributed by atoms with E-state index >= 15 is 0 Å². The summed E-state index contributed by atoms with van der Waals surface area (Å²) in [7, 11) is 0. The molecule has 5 heteroatoms. The number of ether oxygens (including phenoxy) is 2. The first-order chi connectivity index (χ1) is 10.6. The van der Waals surface area contributed by atoms with Crippen LogP contribution in [0.2, 0.25) is 0 Å². The molecule has 2 aromatic rings. The Kier molecular flexibility index (Phi) is 5.33. The van der Waals surface area contributed by atoms with Crippen LogP contribution in [0.4, 0.5) is 0 Å². The molecule has 0 atom stereocenters. The number of hydrogen-bond acceptors (Lipinski definition) is 5. The average Bonchev–Trinajstić information content (AvgIpc) is 3.01. The second-order valence-corrected chi connectivity index (χ2v) is 5.58. The molecule has 0 fully saturated rings. The predicted molar refractivity (Wildman–Crippen MR) is 86.4 cm³/mol. The number of esters is 2. The molecule has 0 bridgehead atoms. The molecule has 1 aromatic carbocycles. The number of benzene rings is 1. The highest BCUT2D eigenvalue weighted by Gasteiger charge is 2.20. The van der Waals surface area contributed by atoms with Gasteiger partial charge in [0, 0.05) is 10.4 Å². The fourth-order valence-corrected chi connectivity index (χ4v) is 2.91. The van der Waals surface area contributed by atoms with E-state index in [1.54, 1.807) is 32.9 Å². The Morgan fingerprint density at radius 1 is 1.05 bits per heavy atom. The maximum Gasteiger partial charge on any atom is 0.338 e. The van der Waals surface area contributed by atoms with Gasteiger partial charge in [-0.1, -0.05) is 6.07 Å². The summed E-state index contributed by atoms with van der Waals surface area (Å²) in [6.45, 7) is 5.93. The van der Waals surface area contributed by atoms with E-state index in [9.17, 15) is 9.59 Å². The van der Waals surface area contributed by atoms with Gasteiger partial charge in [0.15, 0.2) is 0 Å². The summed E-state index contributed by atoms with van der Waals surface area (Å²) in [5.41, 5.74) is 2.33. The second-order valence-electron chi connectivity index (χ2n) is 4.63. The first-order valence-electron chi connectivity index (χ1n) is 7.11. The Morgan fingerprint density at radius 2 is 1.68 bits per heavy atom. The van der Waals surface area contributed by atoms with Gasteiger partial charge in [-0.05, 0) is 49.9 Å². The van der Waals surface area contributed by atoms with Crippen molar-refractivity contribution in [2.75, 3.05) is 13.2 Å². The predicted octanol–water partition coefficient (Wildman–Crippen LogP) is 4.08. The fraction of sp³-hybridized carbons (Fsp3) is 0.294. The maximum absolute atomic E-state index is 12.2. The lowest BCUT2D eigenvalue weighted by atomic mass is 9.98. The van der Waals surface area contributed by atoms with Crippen LogP contribution < -0.4 is 0 Å². The van der Waals surface area contributed by atoms with Gasteiger partial charge < -0.3 is 9.47 Å². The van der Waals surface area contributed by atoms with Crippen molar-refractivity contribution in [2.45, 2.75) is 20.8 Å². The van der Waals surface area contributed by atoms with Gasteiger partial charge in [0.1, 0.15) is 0 Å². The van der Waals surface area contributed by atoms with Gasteiger partial charge in [-0.3, -0.25) is 0 Å². The van der Waals surface area contributed by atoms with Gasteiger partial charge in [0.05, 0.1) is 24.3 Å². The molecular weight excluding hydrogens is 300 g/mol. The van der Waals surface area contributed by atoms with Crippen molar-refractivity contribution in [3.8, 4) is 10.4 Å². The minimum atomic E-state index is -0.385. The van der Waals surface area contributed by atoms with Gasteiger partial charge in [-0.25, -0.2) is 9.59 Å². The maximum atomic E-state index is 12.2. The molecule has 0 aliphatic rings. The number of carbonyl (C=O) groups is 2. The SMILES string of the molecule is CCOC(=O)c1cc(-c2cccs2)c(C(=O)OCC)cc1C. The van der Waals surface area contributed by atoms with Gasteiger partial charge in [0.25, 0.3) is 0 Å². The van der Waals surface area contributed by atoms with Crippen LogP contribution in [0.1, 0.15) is 40.1 Å². The summed E-state index contributed by atoms with van der Waals surface area (Å²) < 4.78 is 10.2. The van der Waals surface area contributed by atoms with Gasteiger partial charge >= 0.3 is 11.9 Å². The van der Waals surface area contributed by atoms with E-state index in [-0.39, 0.29) is 11.9 Å². The van der Waals surface area contributed by atoms with Crippen molar-refractivity contribution >= 4 is 23.3 Å². The van der Waals surface area contributed by atoms with Crippen molar-refractivity contribution in [1.82, 2.24) is 0 Å². The van der Waals surface area contributed by atoms with Crippen LogP contribution in [0, 0.1) is 6.92 Å². The van der Waals surface area contributed by atoms with Crippen LogP contribution in [0.5, 0.6) is 0 Å². The normalized spacial score (nSPS) is 10.3. The van der Waals surface area contributed by atoms with Gasteiger partial charge in [-0.15, -0.1) is 11.3 Å². The number of rotatable bonds is 5. The topological polar surface area (TPSA) is 52.6 Å². The summed E-state index contributed by atoms with van der Waals surface area (Å²) >= 11 is 1.51. The van der Waals surface area contributed by atoms with E-state index in [1.165, 1.54) is 11.3 Å². The minimum Gasteiger partial charge on any atom is -0.462 e. The van der Waals surface area contributed by atoms with Crippen molar-refractivity contribution in [1.29, 1.82) is 0 Å². The molecule has 0 unspecified atom stereocenters. The monoisotopic (exact) mass is 318 g/mol. The number of carbonyl (C=O) groups excluding carboxylic acids is 2. The van der Waals surface area contributed by atoms with Crippen LogP contribution in [0.25, 0.3) is 10.4 Å². The average molecular weight is 318 g/mol. The molecule has 4 nitrogen and oxygen atoms in total. The largest absolute Gasteiger partial charge is 0.462 e. The Bertz CT molecular complexity index is 674. The molecular formula is C17H18O4S. The standard InChI is InChI=1S/C17H18O4S/c1-4-20-16(18)12-10-13(15-7-6-8-22-15)14(9-11(12)3)17(19)21-5-2/h6-10H,4-5H2,1-3H3. The molecule has 0 spiro atoms. The van der Waals surface area contributed by atoms with Crippen LogP contribution >= 0.6 is 11.3 Å². The fourth-order valence-electron chi connectivity index (χ4n) is 2.15. The summed E-state index contributed by atoms with van der Waals surface area (Å²) in [5.74, 6) is -0.766. The van der Waals surface area contributed by atoms with Crippen LogP contribution in [-0.4, -0.2) is 25.2 Å². The lowest BCUT2D eigenvalue weighted by Gasteiger charge is -2.12. The number of thiophene rings is 1. The Morgan fingerprint density at radius 3 is 2.23 bits per heavy atom. The summed E-state index contributed by atoms with van der Waals surface area (Å²) in [5, 5.41) is 1.92. The third-order valence-corrected chi connectivity index (χ3v) is 4.05. The molecule has 22 heavy (non-hydrogen) atoms. The molecule has 1 aromatic heterocycles. The Balaban J connectivity index is 2.57.